The molecule has 1 heterocycles. The molecule has 0 saturated heterocycles. The summed E-state index contributed by atoms with van der Waals surface area (Å²) in [7, 11) is 1.64. The Kier molecular flexibility index (Phi) is 8.93. The Bertz CT molecular complexity index is 1320. The van der Waals surface area contributed by atoms with Crippen LogP contribution in [-0.4, -0.2) is 52.2 Å². The van der Waals surface area contributed by atoms with Crippen molar-refractivity contribution in [2.45, 2.75) is 51.5 Å². The highest BCUT2D eigenvalue weighted by Crippen LogP contribution is 2.38. The molecular formula is C32H37N3O4. The van der Waals surface area contributed by atoms with Crippen molar-refractivity contribution in [2.24, 2.45) is 0 Å². The van der Waals surface area contributed by atoms with Crippen LogP contribution in [0.5, 0.6) is 17.4 Å². The standard InChI is InChI=1S/C32H37N3O4/c1-3-29-28(21-34(25-18-19-25)20-27(36)23-38-22-24-12-6-4-7-13-24)32(35(33-29)26-14-8-5-9-15-26)39-31-17-11-10-16-30(31)37-2/h4-17,25,27,36H,3,18-23H2,1-2H3. The van der Waals surface area contributed by atoms with Crippen LogP contribution >= 0.6 is 0 Å². The van der Waals surface area contributed by atoms with Gasteiger partial charge in [-0.3, -0.25) is 4.90 Å². The molecule has 0 radical (unpaired) electrons. The Morgan fingerprint density at radius 2 is 1.62 bits per heavy atom. The minimum absolute atomic E-state index is 0.284. The molecule has 0 amide bonds. The number of aromatic nitrogens is 2. The van der Waals surface area contributed by atoms with E-state index in [0.717, 1.165) is 41.8 Å². The first kappa shape index (κ1) is 26.9. The zero-order chi connectivity index (χ0) is 27.0. The van der Waals surface area contributed by atoms with Crippen molar-refractivity contribution in [1.82, 2.24) is 14.7 Å². The van der Waals surface area contributed by atoms with E-state index in [-0.39, 0.29) is 6.61 Å². The Labute approximate surface area is 230 Å². The zero-order valence-electron chi connectivity index (χ0n) is 22.7. The number of benzene rings is 3. The number of aliphatic hydroxyl groups excluding tert-OH is 1. The molecule has 0 spiro atoms. The van der Waals surface area contributed by atoms with E-state index < -0.39 is 6.10 Å². The maximum absolute atomic E-state index is 10.9. The molecule has 1 N–H and O–H groups in total. The Morgan fingerprint density at radius 3 is 2.28 bits per heavy atom. The first-order valence-electron chi connectivity index (χ1n) is 13.7. The average Bonchev–Trinajstić information content (AvgIpc) is 3.77. The third-order valence-corrected chi connectivity index (χ3v) is 6.92. The molecule has 4 aromatic rings. The van der Waals surface area contributed by atoms with E-state index in [9.17, 15) is 5.11 Å². The second-order valence-corrected chi connectivity index (χ2v) is 9.90. The molecule has 204 valence electrons. The average molecular weight is 528 g/mol. The lowest BCUT2D eigenvalue weighted by Crippen LogP contribution is -2.36. The molecule has 0 aliphatic heterocycles. The molecule has 1 atom stereocenters. The third-order valence-electron chi connectivity index (χ3n) is 6.92. The van der Waals surface area contributed by atoms with E-state index in [1.54, 1.807) is 7.11 Å². The first-order valence-corrected chi connectivity index (χ1v) is 13.7. The number of para-hydroxylation sites is 3. The van der Waals surface area contributed by atoms with Crippen LogP contribution in [0.1, 0.15) is 36.6 Å². The van der Waals surface area contributed by atoms with Gasteiger partial charge in [-0.1, -0.05) is 67.6 Å². The molecule has 7 heteroatoms. The van der Waals surface area contributed by atoms with Crippen molar-refractivity contribution < 1.29 is 19.3 Å². The van der Waals surface area contributed by atoms with E-state index in [1.165, 1.54) is 0 Å². The molecular weight excluding hydrogens is 490 g/mol. The minimum atomic E-state index is -0.595. The van der Waals surface area contributed by atoms with Crippen molar-refractivity contribution in [3.8, 4) is 23.1 Å². The summed E-state index contributed by atoms with van der Waals surface area (Å²) in [6, 6.07) is 28.2. The van der Waals surface area contributed by atoms with E-state index in [1.807, 2.05) is 89.6 Å². The lowest BCUT2D eigenvalue weighted by atomic mass is 10.1. The summed E-state index contributed by atoms with van der Waals surface area (Å²) < 4.78 is 19.9. The molecule has 1 saturated carbocycles. The number of aryl methyl sites for hydroxylation is 1. The van der Waals surface area contributed by atoms with E-state index >= 15 is 0 Å². The fourth-order valence-corrected chi connectivity index (χ4v) is 4.77. The largest absolute Gasteiger partial charge is 0.493 e. The van der Waals surface area contributed by atoms with E-state index in [0.29, 0.717) is 43.1 Å². The Hall–Kier alpha value is -3.65. The lowest BCUT2D eigenvalue weighted by Gasteiger charge is -2.25. The second-order valence-electron chi connectivity index (χ2n) is 9.90. The number of rotatable bonds is 14. The summed E-state index contributed by atoms with van der Waals surface area (Å²) >= 11 is 0. The van der Waals surface area contributed by atoms with Crippen molar-refractivity contribution in [3.63, 3.8) is 0 Å². The van der Waals surface area contributed by atoms with Crippen molar-refractivity contribution in [1.29, 1.82) is 0 Å². The lowest BCUT2D eigenvalue weighted by molar-refractivity contribution is 0.00693. The van der Waals surface area contributed by atoms with Crippen LogP contribution in [0.25, 0.3) is 5.69 Å². The maximum atomic E-state index is 10.9. The molecule has 0 bridgehead atoms. The van der Waals surface area contributed by atoms with Gasteiger partial charge in [-0.25, -0.2) is 4.68 Å². The molecule has 1 aromatic heterocycles. The summed E-state index contributed by atoms with van der Waals surface area (Å²) in [5.41, 5.74) is 4.03. The highest BCUT2D eigenvalue weighted by molar-refractivity contribution is 5.47. The minimum Gasteiger partial charge on any atom is -0.493 e. The normalized spacial score (nSPS) is 13.9. The van der Waals surface area contributed by atoms with Crippen LogP contribution in [0.4, 0.5) is 0 Å². The highest BCUT2D eigenvalue weighted by atomic mass is 16.5. The van der Waals surface area contributed by atoms with Crippen LogP contribution in [0.3, 0.4) is 0 Å². The Balaban J connectivity index is 1.39. The van der Waals surface area contributed by atoms with Gasteiger partial charge in [0.05, 0.1) is 43.4 Å². The maximum Gasteiger partial charge on any atom is 0.227 e. The quantitative estimate of drug-likeness (QED) is 0.224. The molecule has 1 aliphatic carbocycles. The smallest absolute Gasteiger partial charge is 0.227 e. The van der Waals surface area contributed by atoms with Crippen LogP contribution < -0.4 is 9.47 Å². The van der Waals surface area contributed by atoms with Gasteiger partial charge in [0.25, 0.3) is 0 Å². The van der Waals surface area contributed by atoms with Gasteiger partial charge in [0.2, 0.25) is 5.88 Å². The number of hydrogen-bond acceptors (Lipinski definition) is 6. The van der Waals surface area contributed by atoms with Gasteiger partial charge >= 0.3 is 0 Å². The highest BCUT2D eigenvalue weighted by Gasteiger charge is 2.33. The van der Waals surface area contributed by atoms with Gasteiger partial charge in [0.1, 0.15) is 0 Å². The van der Waals surface area contributed by atoms with Crippen molar-refractivity contribution >= 4 is 0 Å². The molecule has 3 aromatic carbocycles. The molecule has 7 nitrogen and oxygen atoms in total. The summed E-state index contributed by atoms with van der Waals surface area (Å²) in [5.74, 6) is 1.96. The molecule has 1 fully saturated rings. The number of aliphatic hydroxyl groups is 1. The predicted octanol–water partition coefficient (Wildman–Crippen LogP) is 5.78. The van der Waals surface area contributed by atoms with Crippen LogP contribution in [0, 0.1) is 0 Å². The molecule has 1 aliphatic rings. The zero-order valence-corrected chi connectivity index (χ0v) is 22.7. The summed E-state index contributed by atoms with van der Waals surface area (Å²) in [6.45, 7) is 4.03. The topological polar surface area (TPSA) is 69.0 Å². The van der Waals surface area contributed by atoms with Gasteiger partial charge < -0.3 is 19.3 Å². The van der Waals surface area contributed by atoms with Crippen molar-refractivity contribution in [3.05, 3.63) is 102 Å². The predicted molar refractivity (Wildman–Crippen MR) is 152 cm³/mol. The number of hydrogen-bond donors (Lipinski definition) is 1. The van der Waals surface area contributed by atoms with Crippen LogP contribution in [0.15, 0.2) is 84.9 Å². The first-order chi connectivity index (χ1) is 19.2. The fraction of sp³-hybridized carbons (Fsp3) is 0.344. The van der Waals surface area contributed by atoms with E-state index in [2.05, 4.69) is 11.8 Å². The summed E-state index contributed by atoms with van der Waals surface area (Å²) in [4.78, 5) is 2.34. The Morgan fingerprint density at radius 1 is 0.949 bits per heavy atom. The van der Waals surface area contributed by atoms with Gasteiger partial charge in [-0.2, -0.15) is 5.10 Å². The number of ether oxygens (including phenoxy) is 3. The van der Waals surface area contributed by atoms with Gasteiger partial charge in [0.15, 0.2) is 11.5 Å². The van der Waals surface area contributed by atoms with Crippen molar-refractivity contribution in [2.75, 3.05) is 20.3 Å². The molecule has 1 unspecified atom stereocenters. The summed E-state index contributed by atoms with van der Waals surface area (Å²) in [6.07, 6.45) is 2.41. The molecule has 5 rings (SSSR count). The van der Waals surface area contributed by atoms with Gasteiger partial charge in [-0.05, 0) is 49.1 Å². The van der Waals surface area contributed by atoms with Crippen LogP contribution in [-0.2, 0) is 24.3 Å². The number of methoxy groups -OCH3 is 1. The SMILES string of the molecule is CCc1nn(-c2ccccc2)c(Oc2ccccc2OC)c1CN(CC(O)COCc1ccccc1)C1CC1. The fourth-order valence-electron chi connectivity index (χ4n) is 4.77. The monoisotopic (exact) mass is 527 g/mol. The number of nitrogens with zero attached hydrogens (tertiary/aromatic N) is 3. The van der Waals surface area contributed by atoms with Gasteiger partial charge in [0, 0.05) is 19.1 Å². The van der Waals surface area contributed by atoms with Crippen LogP contribution in [0.2, 0.25) is 0 Å². The second kappa shape index (κ2) is 12.9. The molecule has 39 heavy (non-hydrogen) atoms. The van der Waals surface area contributed by atoms with E-state index in [4.69, 9.17) is 19.3 Å². The third kappa shape index (κ3) is 6.87. The summed E-state index contributed by atoms with van der Waals surface area (Å²) in [5, 5.41) is 15.9. The van der Waals surface area contributed by atoms with Gasteiger partial charge in [-0.15, -0.1) is 0 Å².